The van der Waals surface area contributed by atoms with Gasteiger partial charge in [0.05, 0.1) is 5.56 Å². The van der Waals surface area contributed by atoms with Gasteiger partial charge in [-0.25, -0.2) is 0 Å². The molecule has 0 bridgehead atoms. The number of rotatable bonds is 5. The van der Waals surface area contributed by atoms with Crippen molar-refractivity contribution in [1.82, 2.24) is 10.6 Å². The molecule has 0 saturated heterocycles. The molecule has 0 spiro atoms. The minimum Gasteiger partial charge on any atom is -0.351 e. The lowest BCUT2D eigenvalue weighted by molar-refractivity contribution is -0.137. The number of hydrogen-bond donors (Lipinski definition) is 2. The second-order valence-electron chi connectivity index (χ2n) is 4.44. The first kappa shape index (κ1) is 15.5. The fourth-order valence-corrected chi connectivity index (χ4v) is 1.45. The van der Waals surface area contributed by atoms with E-state index in [9.17, 15) is 18.0 Å². The molecule has 0 unspecified atom stereocenters. The third-order valence-corrected chi connectivity index (χ3v) is 2.44. The smallest absolute Gasteiger partial charge is 0.351 e. The van der Waals surface area contributed by atoms with Gasteiger partial charge < -0.3 is 10.6 Å². The van der Waals surface area contributed by atoms with Crippen LogP contribution in [0.1, 0.15) is 29.8 Å². The summed E-state index contributed by atoms with van der Waals surface area (Å²) in [4.78, 5) is 11.6. The van der Waals surface area contributed by atoms with Gasteiger partial charge in [-0.05, 0) is 24.3 Å². The van der Waals surface area contributed by atoms with Crippen molar-refractivity contribution < 1.29 is 18.0 Å². The van der Waals surface area contributed by atoms with E-state index in [4.69, 9.17) is 0 Å². The normalized spacial score (nSPS) is 11.7. The van der Waals surface area contributed by atoms with Crippen molar-refractivity contribution in [1.29, 1.82) is 0 Å². The predicted molar refractivity (Wildman–Crippen MR) is 66.9 cm³/mol. The average molecular weight is 274 g/mol. The van der Waals surface area contributed by atoms with Gasteiger partial charge in [-0.15, -0.1) is 0 Å². The Kier molecular flexibility index (Phi) is 5.35. The summed E-state index contributed by atoms with van der Waals surface area (Å²) in [5.41, 5.74) is -0.539. The van der Waals surface area contributed by atoms with Gasteiger partial charge in [-0.3, -0.25) is 4.79 Å². The van der Waals surface area contributed by atoms with Crippen LogP contribution in [0.15, 0.2) is 24.3 Å². The number of benzene rings is 1. The van der Waals surface area contributed by atoms with Gasteiger partial charge in [-0.2, -0.15) is 13.2 Å². The van der Waals surface area contributed by atoms with Crippen LogP contribution < -0.4 is 10.6 Å². The van der Waals surface area contributed by atoms with E-state index < -0.39 is 11.7 Å². The zero-order valence-corrected chi connectivity index (χ0v) is 10.8. The van der Waals surface area contributed by atoms with E-state index >= 15 is 0 Å². The van der Waals surface area contributed by atoms with Crippen molar-refractivity contribution in [2.24, 2.45) is 0 Å². The molecule has 1 aromatic rings. The van der Waals surface area contributed by atoms with Crippen LogP contribution in [0, 0.1) is 0 Å². The predicted octanol–water partition coefficient (Wildman–Crippen LogP) is 2.43. The number of halogens is 3. The maximum absolute atomic E-state index is 12.3. The highest BCUT2D eigenvalue weighted by Crippen LogP contribution is 2.28. The Morgan fingerprint density at radius 3 is 2.21 bits per heavy atom. The first-order valence-corrected chi connectivity index (χ1v) is 5.99. The molecule has 106 valence electrons. The summed E-state index contributed by atoms with van der Waals surface area (Å²) in [6.45, 7) is 5.01. The molecule has 19 heavy (non-hydrogen) atoms. The van der Waals surface area contributed by atoms with Crippen molar-refractivity contribution in [2.75, 3.05) is 13.1 Å². The second-order valence-corrected chi connectivity index (χ2v) is 4.44. The lowest BCUT2D eigenvalue weighted by Crippen LogP contribution is -2.34. The molecule has 0 aromatic heterocycles. The molecule has 0 fully saturated rings. The number of amides is 1. The highest BCUT2D eigenvalue weighted by Gasteiger charge is 2.30. The Labute approximate surface area is 110 Å². The Morgan fingerprint density at radius 1 is 1.16 bits per heavy atom. The molecule has 0 heterocycles. The number of alkyl halides is 3. The standard InChI is InChI=1S/C13H17F3N2O/c1-9(2)17-7-8-18-12(19)10-3-5-11(6-4-10)13(14,15)16/h3-6,9,17H,7-8H2,1-2H3,(H,18,19). The highest BCUT2D eigenvalue weighted by molar-refractivity contribution is 5.94. The number of nitrogens with one attached hydrogen (secondary N) is 2. The molecular formula is C13H17F3N2O. The van der Waals surface area contributed by atoms with Crippen LogP contribution in [0.25, 0.3) is 0 Å². The molecule has 0 aliphatic carbocycles. The zero-order valence-electron chi connectivity index (χ0n) is 10.8. The van der Waals surface area contributed by atoms with Crippen molar-refractivity contribution in [3.8, 4) is 0 Å². The van der Waals surface area contributed by atoms with Gasteiger partial charge in [0.2, 0.25) is 0 Å². The minimum absolute atomic E-state index is 0.220. The first-order chi connectivity index (χ1) is 8.80. The Hall–Kier alpha value is -1.56. The summed E-state index contributed by atoms with van der Waals surface area (Å²) >= 11 is 0. The van der Waals surface area contributed by atoms with Gasteiger partial charge in [-0.1, -0.05) is 13.8 Å². The van der Waals surface area contributed by atoms with E-state index in [-0.39, 0.29) is 11.5 Å². The molecule has 1 aromatic carbocycles. The third-order valence-electron chi connectivity index (χ3n) is 2.44. The van der Waals surface area contributed by atoms with Crippen LogP contribution in [-0.4, -0.2) is 25.0 Å². The van der Waals surface area contributed by atoms with E-state index in [1.807, 2.05) is 13.8 Å². The Morgan fingerprint density at radius 2 is 1.74 bits per heavy atom. The quantitative estimate of drug-likeness (QED) is 0.810. The molecule has 0 saturated carbocycles. The number of hydrogen-bond acceptors (Lipinski definition) is 2. The first-order valence-electron chi connectivity index (χ1n) is 5.99. The number of carbonyl (C=O) groups excluding carboxylic acids is 1. The molecule has 3 nitrogen and oxygen atoms in total. The minimum atomic E-state index is -4.38. The fourth-order valence-electron chi connectivity index (χ4n) is 1.45. The lowest BCUT2D eigenvalue weighted by Gasteiger charge is -2.10. The van der Waals surface area contributed by atoms with Crippen LogP contribution in [0.3, 0.4) is 0 Å². The maximum Gasteiger partial charge on any atom is 0.416 e. The highest BCUT2D eigenvalue weighted by atomic mass is 19.4. The monoisotopic (exact) mass is 274 g/mol. The van der Waals surface area contributed by atoms with E-state index in [0.29, 0.717) is 19.1 Å². The maximum atomic E-state index is 12.3. The molecule has 1 rings (SSSR count). The van der Waals surface area contributed by atoms with Gasteiger partial charge >= 0.3 is 6.18 Å². The molecule has 2 N–H and O–H groups in total. The molecule has 1 amide bonds. The third kappa shape index (κ3) is 5.30. The van der Waals surface area contributed by atoms with E-state index in [1.54, 1.807) is 0 Å². The zero-order chi connectivity index (χ0) is 14.5. The Balaban J connectivity index is 2.49. The summed E-state index contributed by atoms with van der Waals surface area (Å²) < 4.78 is 37.0. The van der Waals surface area contributed by atoms with Crippen molar-refractivity contribution >= 4 is 5.91 Å². The van der Waals surface area contributed by atoms with Gasteiger partial charge in [0.25, 0.3) is 5.91 Å². The van der Waals surface area contributed by atoms with Gasteiger partial charge in [0, 0.05) is 24.7 Å². The average Bonchev–Trinajstić information content (AvgIpc) is 2.33. The largest absolute Gasteiger partial charge is 0.416 e. The van der Waals surface area contributed by atoms with Gasteiger partial charge in [0.1, 0.15) is 0 Å². The molecule has 6 heteroatoms. The lowest BCUT2D eigenvalue weighted by atomic mass is 10.1. The van der Waals surface area contributed by atoms with Crippen LogP contribution >= 0.6 is 0 Å². The van der Waals surface area contributed by atoms with Crippen molar-refractivity contribution in [2.45, 2.75) is 26.1 Å². The summed E-state index contributed by atoms with van der Waals surface area (Å²) in [5, 5.41) is 5.75. The fraction of sp³-hybridized carbons (Fsp3) is 0.462. The van der Waals surface area contributed by atoms with E-state index in [1.165, 1.54) is 12.1 Å². The van der Waals surface area contributed by atoms with Crippen LogP contribution in [-0.2, 0) is 6.18 Å². The van der Waals surface area contributed by atoms with E-state index in [0.717, 1.165) is 12.1 Å². The van der Waals surface area contributed by atoms with Crippen LogP contribution in [0.2, 0.25) is 0 Å². The van der Waals surface area contributed by atoms with Crippen molar-refractivity contribution in [3.63, 3.8) is 0 Å². The summed E-state index contributed by atoms with van der Waals surface area (Å²) in [6.07, 6.45) is -4.38. The Bertz CT molecular complexity index is 413. The van der Waals surface area contributed by atoms with Gasteiger partial charge in [0.15, 0.2) is 0 Å². The molecule has 0 radical (unpaired) electrons. The van der Waals surface area contributed by atoms with Crippen molar-refractivity contribution in [3.05, 3.63) is 35.4 Å². The summed E-state index contributed by atoms with van der Waals surface area (Å²) in [7, 11) is 0. The number of carbonyl (C=O) groups is 1. The van der Waals surface area contributed by atoms with Crippen LogP contribution in [0.4, 0.5) is 13.2 Å². The van der Waals surface area contributed by atoms with E-state index in [2.05, 4.69) is 10.6 Å². The molecular weight excluding hydrogens is 257 g/mol. The molecule has 0 atom stereocenters. The SMILES string of the molecule is CC(C)NCCNC(=O)c1ccc(C(F)(F)F)cc1. The topological polar surface area (TPSA) is 41.1 Å². The van der Waals surface area contributed by atoms with Crippen LogP contribution in [0.5, 0.6) is 0 Å². The summed E-state index contributed by atoms with van der Waals surface area (Å²) in [6, 6.07) is 4.48. The molecule has 0 aliphatic heterocycles. The summed E-state index contributed by atoms with van der Waals surface area (Å²) in [5.74, 6) is -0.376. The second kappa shape index (κ2) is 6.56. The molecule has 0 aliphatic rings.